The van der Waals surface area contributed by atoms with Crippen molar-refractivity contribution < 1.29 is 0 Å². The highest BCUT2D eigenvalue weighted by Crippen LogP contribution is 2.12. The lowest BCUT2D eigenvalue weighted by atomic mass is 10.00. The standard InChI is InChI=1S/C12H21N3/c1-12(2,13)7-4-10-15(3)11-5-8-14-9-6-11/h5-6,8-9H,4,7,10,13H2,1-3H3. The van der Waals surface area contributed by atoms with Gasteiger partial charge in [0.25, 0.3) is 0 Å². The highest BCUT2D eigenvalue weighted by molar-refractivity contribution is 5.43. The first-order chi connectivity index (χ1) is 6.99. The van der Waals surface area contributed by atoms with E-state index in [1.807, 2.05) is 24.5 Å². The number of hydrogen-bond donors (Lipinski definition) is 1. The molecule has 0 atom stereocenters. The van der Waals surface area contributed by atoms with Gasteiger partial charge < -0.3 is 10.6 Å². The molecule has 2 N–H and O–H groups in total. The molecule has 0 saturated heterocycles. The SMILES string of the molecule is CN(CCCC(C)(C)N)c1ccncc1. The van der Waals surface area contributed by atoms with Crippen LogP contribution in [0.3, 0.4) is 0 Å². The van der Waals surface area contributed by atoms with Crippen molar-refractivity contribution in [1.29, 1.82) is 0 Å². The molecule has 3 heteroatoms. The van der Waals surface area contributed by atoms with Crippen LogP contribution in [0.5, 0.6) is 0 Å². The molecular formula is C12H21N3. The number of rotatable bonds is 5. The zero-order chi connectivity index (χ0) is 11.3. The predicted octanol–water partition coefficient (Wildman–Crippen LogP) is 2.04. The van der Waals surface area contributed by atoms with Gasteiger partial charge in [-0.05, 0) is 38.8 Å². The van der Waals surface area contributed by atoms with E-state index in [4.69, 9.17) is 5.73 Å². The Morgan fingerprint density at radius 3 is 2.47 bits per heavy atom. The molecule has 0 aliphatic carbocycles. The van der Waals surface area contributed by atoms with Gasteiger partial charge in [0, 0.05) is 37.2 Å². The fraction of sp³-hybridized carbons (Fsp3) is 0.583. The van der Waals surface area contributed by atoms with E-state index in [2.05, 4.69) is 30.8 Å². The summed E-state index contributed by atoms with van der Waals surface area (Å²) in [5.74, 6) is 0. The molecule has 84 valence electrons. The predicted molar refractivity (Wildman–Crippen MR) is 65.0 cm³/mol. The quantitative estimate of drug-likeness (QED) is 0.803. The maximum Gasteiger partial charge on any atom is 0.0394 e. The van der Waals surface area contributed by atoms with E-state index in [1.54, 1.807) is 0 Å². The fourth-order valence-corrected chi connectivity index (χ4v) is 1.50. The maximum absolute atomic E-state index is 5.93. The second-order valence-corrected chi connectivity index (χ2v) is 4.72. The van der Waals surface area contributed by atoms with Crippen LogP contribution in [-0.2, 0) is 0 Å². The van der Waals surface area contributed by atoms with Crippen LogP contribution >= 0.6 is 0 Å². The molecule has 0 unspecified atom stereocenters. The molecule has 0 bridgehead atoms. The summed E-state index contributed by atoms with van der Waals surface area (Å²) in [7, 11) is 2.10. The molecule has 1 heterocycles. The van der Waals surface area contributed by atoms with Crippen molar-refractivity contribution in [3.05, 3.63) is 24.5 Å². The molecule has 0 radical (unpaired) electrons. The van der Waals surface area contributed by atoms with Crippen LogP contribution in [0.2, 0.25) is 0 Å². The Labute approximate surface area is 92.3 Å². The first-order valence-electron chi connectivity index (χ1n) is 5.39. The lowest BCUT2D eigenvalue weighted by molar-refractivity contribution is 0.460. The number of anilines is 1. The van der Waals surface area contributed by atoms with Gasteiger partial charge in [0.15, 0.2) is 0 Å². The first-order valence-corrected chi connectivity index (χ1v) is 5.39. The van der Waals surface area contributed by atoms with Gasteiger partial charge in [-0.2, -0.15) is 0 Å². The summed E-state index contributed by atoms with van der Waals surface area (Å²) < 4.78 is 0. The van der Waals surface area contributed by atoms with Crippen molar-refractivity contribution >= 4 is 5.69 Å². The van der Waals surface area contributed by atoms with Gasteiger partial charge in [-0.25, -0.2) is 0 Å². The second-order valence-electron chi connectivity index (χ2n) is 4.72. The van der Waals surface area contributed by atoms with E-state index in [1.165, 1.54) is 5.69 Å². The van der Waals surface area contributed by atoms with E-state index in [0.717, 1.165) is 19.4 Å². The van der Waals surface area contributed by atoms with Crippen LogP contribution in [0.4, 0.5) is 5.69 Å². The average molecular weight is 207 g/mol. The van der Waals surface area contributed by atoms with Crippen molar-refractivity contribution in [2.75, 3.05) is 18.5 Å². The van der Waals surface area contributed by atoms with Gasteiger partial charge in [0.05, 0.1) is 0 Å². The van der Waals surface area contributed by atoms with Gasteiger partial charge in [0.1, 0.15) is 0 Å². The summed E-state index contributed by atoms with van der Waals surface area (Å²) in [5, 5.41) is 0. The van der Waals surface area contributed by atoms with Crippen molar-refractivity contribution in [2.24, 2.45) is 5.73 Å². The molecule has 0 aliphatic rings. The minimum Gasteiger partial charge on any atom is -0.375 e. The van der Waals surface area contributed by atoms with Gasteiger partial charge in [-0.3, -0.25) is 4.98 Å². The normalized spacial score (nSPS) is 11.5. The third kappa shape index (κ3) is 4.79. The van der Waals surface area contributed by atoms with E-state index < -0.39 is 0 Å². The van der Waals surface area contributed by atoms with Crippen LogP contribution in [0.1, 0.15) is 26.7 Å². The molecule has 1 rings (SSSR count). The van der Waals surface area contributed by atoms with Gasteiger partial charge in [-0.1, -0.05) is 0 Å². The van der Waals surface area contributed by atoms with Crippen molar-refractivity contribution in [3.8, 4) is 0 Å². The lowest BCUT2D eigenvalue weighted by Gasteiger charge is -2.22. The van der Waals surface area contributed by atoms with Crippen LogP contribution in [0, 0.1) is 0 Å². The Bertz CT molecular complexity index is 277. The minimum atomic E-state index is -0.0565. The van der Waals surface area contributed by atoms with Crippen LogP contribution in [0.15, 0.2) is 24.5 Å². The Morgan fingerprint density at radius 1 is 1.33 bits per heavy atom. The highest BCUT2D eigenvalue weighted by atomic mass is 15.1. The lowest BCUT2D eigenvalue weighted by Crippen LogP contribution is -2.33. The molecule has 0 saturated carbocycles. The summed E-state index contributed by atoms with van der Waals surface area (Å²) in [4.78, 5) is 6.23. The summed E-state index contributed by atoms with van der Waals surface area (Å²) in [6.45, 7) is 5.17. The Hall–Kier alpha value is -1.09. The fourth-order valence-electron chi connectivity index (χ4n) is 1.50. The Morgan fingerprint density at radius 2 is 1.93 bits per heavy atom. The van der Waals surface area contributed by atoms with Gasteiger partial charge in [-0.15, -0.1) is 0 Å². The first kappa shape index (κ1) is 12.0. The molecule has 0 amide bonds. The van der Waals surface area contributed by atoms with Crippen LogP contribution < -0.4 is 10.6 Å². The molecule has 3 nitrogen and oxygen atoms in total. The summed E-state index contributed by atoms with van der Waals surface area (Å²) in [6, 6.07) is 4.04. The molecule has 0 fully saturated rings. The van der Waals surface area contributed by atoms with E-state index >= 15 is 0 Å². The number of aromatic nitrogens is 1. The third-order valence-electron chi connectivity index (χ3n) is 2.42. The smallest absolute Gasteiger partial charge is 0.0394 e. The van der Waals surface area contributed by atoms with Crippen LogP contribution in [-0.4, -0.2) is 24.1 Å². The largest absolute Gasteiger partial charge is 0.375 e. The highest BCUT2D eigenvalue weighted by Gasteiger charge is 2.10. The number of nitrogens with zero attached hydrogens (tertiary/aromatic N) is 2. The molecule has 15 heavy (non-hydrogen) atoms. The van der Waals surface area contributed by atoms with Crippen molar-refractivity contribution in [3.63, 3.8) is 0 Å². The second kappa shape index (κ2) is 5.12. The molecular weight excluding hydrogens is 186 g/mol. The number of hydrogen-bond acceptors (Lipinski definition) is 3. The topological polar surface area (TPSA) is 42.1 Å². The average Bonchev–Trinajstić information content (AvgIpc) is 2.17. The van der Waals surface area contributed by atoms with E-state index in [-0.39, 0.29) is 5.54 Å². The van der Waals surface area contributed by atoms with Gasteiger partial charge in [0.2, 0.25) is 0 Å². The minimum absolute atomic E-state index is 0.0565. The van der Waals surface area contributed by atoms with Crippen molar-refractivity contribution in [2.45, 2.75) is 32.2 Å². The number of nitrogens with two attached hydrogens (primary N) is 1. The zero-order valence-corrected chi connectivity index (χ0v) is 9.90. The molecule has 0 aromatic carbocycles. The molecule has 0 aliphatic heterocycles. The zero-order valence-electron chi connectivity index (χ0n) is 9.90. The molecule has 1 aromatic heterocycles. The Balaban J connectivity index is 2.34. The van der Waals surface area contributed by atoms with Gasteiger partial charge >= 0.3 is 0 Å². The molecule has 0 spiro atoms. The Kier molecular flexibility index (Phi) is 4.09. The van der Waals surface area contributed by atoms with Crippen LogP contribution in [0.25, 0.3) is 0 Å². The third-order valence-corrected chi connectivity index (χ3v) is 2.42. The van der Waals surface area contributed by atoms with Crippen molar-refractivity contribution in [1.82, 2.24) is 4.98 Å². The summed E-state index contributed by atoms with van der Waals surface area (Å²) >= 11 is 0. The summed E-state index contributed by atoms with van der Waals surface area (Å²) in [6.07, 6.45) is 5.79. The number of pyridine rings is 1. The summed E-state index contributed by atoms with van der Waals surface area (Å²) in [5.41, 5.74) is 7.08. The van der Waals surface area contributed by atoms with E-state index in [9.17, 15) is 0 Å². The molecule has 1 aromatic rings. The monoisotopic (exact) mass is 207 g/mol. The van der Waals surface area contributed by atoms with E-state index in [0.29, 0.717) is 0 Å². The maximum atomic E-state index is 5.93.